The molecule has 4 nitrogen and oxygen atoms in total. The number of benzene rings is 1. The summed E-state index contributed by atoms with van der Waals surface area (Å²) in [5.74, 6) is -0.738. The normalized spacial score (nSPS) is 10.8. The smallest absolute Gasteiger partial charge is 0.348 e. The standard InChI is InChI=1S/C12H10ClNO3/c1-2-17-12(16)9(7-14)5-8-3-4-11(15)10(13)6-8/h3-6,15H,2H2,1H3. The van der Waals surface area contributed by atoms with Crippen molar-refractivity contribution in [2.24, 2.45) is 0 Å². The Kier molecular flexibility index (Phi) is 4.56. The first-order chi connectivity index (χ1) is 8.08. The molecule has 0 saturated heterocycles. The average molecular weight is 252 g/mol. The van der Waals surface area contributed by atoms with Crippen LogP contribution < -0.4 is 0 Å². The van der Waals surface area contributed by atoms with Gasteiger partial charge in [0.2, 0.25) is 0 Å². The summed E-state index contributed by atoms with van der Waals surface area (Å²) in [6.07, 6.45) is 1.35. The van der Waals surface area contributed by atoms with Crippen molar-refractivity contribution in [2.45, 2.75) is 6.92 Å². The Morgan fingerprint density at radius 2 is 2.35 bits per heavy atom. The van der Waals surface area contributed by atoms with Crippen LogP contribution in [0.4, 0.5) is 0 Å². The quantitative estimate of drug-likeness (QED) is 0.509. The fourth-order valence-electron chi connectivity index (χ4n) is 1.13. The number of nitrogens with zero attached hydrogens (tertiary/aromatic N) is 1. The van der Waals surface area contributed by atoms with Crippen LogP contribution >= 0.6 is 11.6 Å². The first kappa shape index (κ1) is 13.1. The molecule has 0 spiro atoms. The summed E-state index contributed by atoms with van der Waals surface area (Å²) >= 11 is 5.70. The molecular weight excluding hydrogens is 242 g/mol. The first-order valence-corrected chi connectivity index (χ1v) is 5.23. The highest BCUT2D eigenvalue weighted by Crippen LogP contribution is 2.24. The van der Waals surface area contributed by atoms with Crippen LogP contribution in [0.2, 0.25) is 5.02 Å². The topological polar surface area (TPSA) is 70.3 Å². The second-order valence-corrected chi connectivity index (χ2v) is 3.51. The molecule has 5 heteroatoms. The van der Waals surface area contributed by atoms with E-state index in [1.807, 2.05) is 0 Å². The Morgan fingerprint density at radius 1 is 1.65 bits per heavy atom. The summed E-state index contributed by atoms with van der Waals surface area (Å²) in [7, 11) is 0. The van der Waals surface area contributed by atoms with Gasteiger partial charge in [-0.1, -0.05) is 17.7 Å². The number of ether oxygens (including phenoxy) is 1. The molecule has 0 saturated carbocycles. The molecule has 0 amide bonds. The van der Waals surface area contributed by atoms with Gasteiger partial charge in [-0.15, -0.1) is 0 Å². The van der Waals surface area contributed by atoms with Crippen LogP contribution in [-0.2, 0) is 9.53 Å². The van der Waals surface area contributed by atoms with Crippen LogP contribution in [0.15, 0.2) is 23.8 Å². The van der Waals surface area contributed by atoms with Gasteiger partial charge in [-0.3, -0.25) is 0 Å². The summed E-state index contributed by atoms with van der Waals surface area (Å²) in [5, 5.41) is 18.2. The Morgan fingerprint density at radius 3 is 2.88 bits per heavy atom. The van der Waals surface area contributed by atoms with E-state index in [0.717, 1.165) is 0 Å². The van der Waals surface area contributed by atoms with Gasteiger partial charge >= 0.3 is 5.97 Å². The second kappa shape index (κ2) is 5.92. The van der Waals surface area contributed by atoms with Gasteiger partial charge in [-0.25, -0.2) is 4.79 Å². The van der Waals surface area contributed by atoms with Gasteiger partial charge in [-0.05, 0) is 30.7 Å². The van der Waals surface area contributed by atoms with Crippen molar-refractivity contribution in [1.82, 2.24) is 0 Å². The number of phenols is 1. The van der Waals surface area contributed by atoms with Gasteiger partial charge < -0.3 is 9.84 Å². The van der Waals surface area contributed by atoms with E-state index in [1.165, 1.54) is 24.3 Å². The number of rotatable bonds is 3. The summed E-state index contributed by atoms with van der Waals surface area (Å²) in [5.41, 5.74) is 0.422. The minimum Gasteiger partial charge on any atom is -0.506 e. The third-order valence-electron chi connectivity index (χ3n) is 1.90. The molecule has 1 N–H and O–H groups in total. The molecule has 0 fully saturated rings. The van der Waals surface area contributed by atoms with Crippen LogP contribution in [0.5, 0.6) is 5.75 Å². The van der Waals surface area contributed by atoms with Crippen molar-refractivity contribution in [3.63, 3.8) is 0 Å². The molecule has 1 rings (SSSR count). The maximum absolute atomic E-state index is 11.3. The molecule has 88 valence electrons. The fourth-order valence-corrected chi connectivity index (χ4v) is 1.31. The zero-order chi connectivity index (χ0) is 12.8. The van der Waals surface area contributed by atoms with E-state index in [4.69, 9.17) is 21.6 Å². The van der Waals surface area contributed by atoms with Gasteiger partial charge in [0.15, 0.2) is 0 Å². The van der Waals surface area contributed by atoms with Crippen LogP contribution in [0.25, 0.3) is 6.08 Å². The van der Waals surface area contributed by atoms with Crippen LogP contribution in [0.3, 0.4) is 0 Å². The van der Waals surface area contributed by atoms with Crippen molar-refractivity contribution in [3.8, 4) is 11.8 Å². The van der Waals surface area contributed by atoms with E-state index in [-0.39, 0.29) is 23.0 Å². The number of carbonyl (C=O) groups is 1. The highest BCUT2D eigenvalue weighted by atomic mass is 35.5. The summed E-state index contributed by atoms with van der Waals surface area (Å²) in [6, 6.07) is 6.12. The molecule has 0 heterocycles. The molecule has 1 aromatic rings. The number of phenolic OH excluding ortho intramolecular Hbond substituents is 1. The maximum Gasteiger partial charge on any atom is 0.348 e. The SMILES string of the molecule is CCOC(=O)C(C#N)=Cc1ccc(O)c(Cl)c1. The zero-order valence-corrected chi connectivity index (χ0v) is 9.86. The number of esters is 1. The molecule has 1 aromatic carbocycles. The van der Waals surface area contributed by atoms with Crippen molar-refractivity contribution in [3.05, 3.63) is 34.4 Å². The summed E-state index contributed by atoms with van der Waals surface area (Å²) in [4.78, 5) is 11.3. The van der Waals surface area contributed by atoms with E-state index < -0.39 is 5.97 Å². The van der Waals surface area contributed by atoms with E-state index in [0.29, 0.717) is 5.56 Å². The maximum atomic E-state index is 11.3. The molecule has 0 aliphatic carbocycles. The van der Waals surface area contributed by atoms with E-state index >= 15 is 0 Å². The van der Waals surface area contributed by atoms with Gasteiger partial charge in [0.25, 0.3) is 0 Å². The lowest BCUT2D eigenvalue weighted by atomic mass is 10.1. The molecule has 0 aliphatic heterocycles. The summed E-state index contributed by atoms with van der Waals surface area (Å²) in [6.45, 7) is 1.86. The van der Waals surface area contributed by atoms with E-state index in [1.54, 1.807) is 13.0 Å². The predicted molar refractivity (Wildman–Crippen MR) is 63.3 cm³/mol. The molecule has 0 bridgehead atoms. The Hall–Kier alpha value is -1.99. The lowest BCUT2D eigenvalue weighted by Crippen LogP contribution is -2.05. The average Bonchev–Trinajstić information content (AvgIpc) is 2.30. The summed E-state index contributed by atoms with van der Waals surface area (Å²) < 4.78 is 4.71. The van der Waals surface area contributed by atoms with Crippen molar-refractivity contribution >= 4 is 23.6 Å². The van der Waals surface area contributed by atoms with Gasteiger partial charge in [0.1, 0.15) is 17.4 Å². The number of hydrogen-bond acceptors (Lipinski definition) is 4. The first-order valence-electron chi connectivity index (χ1n) is 4.86. The van der Waals surface area contributed by atoms with E-state index in [2.05, 4.69) is 0 Å². The second-order valence-electron chi connectivity index (χ2n) is 3.10. The Bertz CT molecular complexity index is 503. The molecule has 0 aliphatic rings. The number of nitriles is 1. The van der Waals surface area contributed by atoms with Crippen molar-refractivity contribution in [2.75, 3.05) is 6.61 Å². The molecule has 0 atom stereocenters. The molecule has 0 aromatic heterocycles. The third-order valence-corrected chi connectivity index (χ3v) is 2.20. The van der Waals surface area contributed by atoms with Crippen LogP contribution in [0, 0.1) is 11.3 Å². The lowest BCUT2D eigenvalue weighted by molar-refractivity contribution is -0.137. The predicted octanol–water partition coefficient (Wildman–Crippen LogP) is 2.52. The lowest BCUT2D eigenvalue weighted by Gasteiger charge is -2.01. The van der Waals surface area contributed by atoms with Crippen molar-refractivity contribution < 1.29 is 14.6 Å². The number of halogens is 1. The van der Waals surface area contributed by atoms with Gasteiger partial charge in [0, 0.05) is 0 Å². The number of aromatic hydroxyl groups is 1. The number of hydrogen-bond donors (Lipinski definition) is 1. The highest BCUT2D eigenvalue weighted by molar-refractivity contribution is 6.32. The molecular formula is C12H10ClNO3. The Balaban J connectivity index is 3.03. The van der Waals surface area contributed by atoms with Gasteiger partial charge in [-0.2, -0.15) is 5.26 Å². The van der Waals surface area contributed by atoms with Gasteiger partial charge in [0.05, 0.1) is 11.6 Å². The molecule has 17 heavy (non-hydrogen) atoms. The van der Waals surface area contributed by atoms with Crippen LogP contribution in [0.1, 0.15) is 12.5 Å². The van der Waals surface area contributed by atoms with Crippen molar-refractivity contribution in [1.29, 1.82) is 5.26 Å². The monoisotopic (exact) mass is 251 g/mol. The zero-order valence-electron chi connectivity index (χ0n) is 9.11. The highest BCUT2D eigenvalue weighted by Gasteiger charge is 2.10. The largest absolute Gasteiger partial charge is 0.506 e. The minimum absolute atomic E-state index is 0.0570. The number of carbonyl (C=O) groups excluding carboxylic acids is 1. The molecule has 0 unspecified atom stereocenters. The van der Waals surface area contributed by atoms with E-state index in [9.17, 15) is 9.90 Å². The third kappa shape index (κ3) is 3.51. The fraction of sp³-hybridized carbons (Fsp3) is 0.167. The van der Waals surface area contributed by atoms with Crippen LogP contribution in [-0.4, -0.2) is 17.7 Å². The Labute approximate surface area is 104 Å². The molecule has 0 radical (unpaired) electrons. The minimum atomic E-state index is -0.681.